The monoisotopic (exact) mass is 460 g/mol. The summed E-state index contributed by atoms with van der Waals surface area (Å²) in [6, 6.07) is 35.7. The Labute approximate surface area is 209 Å². The Morgan fingerprint density at radius 1 is 0.611 bits per heavy atom. The van der Waals surface area contributed by atoms with Crippen LogP contribution in [0.5, 0.6) is 0 Å². The van der Waals surface area contributed by atoms with Gasteiger partial charge in [-0.2, -0.15) is 0 Å². The summed E-state index contributed by atoms with van der Waals surface area (Å²) in [6.07, 6.45) is 3.84. The average Bonchev–Trinajstić information content (AvgIpc) is 3.38. The van der Waals surface area contributed by atoms with Gasteiger partial charge in [0.05, 0.1) is 16.7 Å². The van der Waals surface area contributed by atoms with Crippen LogP contribution in [0.25, 0.3) is 60.2 Å². The number of aromatic nitrogens is 2. The van der Waals surface area contributed by atoms with Gasteiger partial charge in [0.1, 0.15) is 0 Å². The topological polar surface area (TPSA) is 17.8 Å². The number of rotatable bonds is 1. The summed E-state index contributed by atoms with van der Waals surface area (Å²) in [5, 5.41) is 7.62. The van der Waals surface area contributed by atoms with Gasteiger partial charge < -0.3 is 4.57 Å². The molecular formula is C34H24N2. The van der Waals surface area contributed by atoms with Crippen LogP contribution >= 0.6 is 0 Å². The first kappa shape index (κ1) is 19.8. The number of nitrogens with zero attached hydrogens (tertiary/aromatic N) is 2. The van der Waals surface area contributed by atoms with E-state index in [1.54, 1.807) is 0 Å². The second-order valence-electron chi connectivity index (χ2n) is 10.4. The van der Waals surface area contributed by atoms with Crippen molar-refractivity contribution in [1.29, 1.82) is 0 Å². The lowest BCUT2D eigenvalue weighted by Gasteiger charge is -2.21. The quantitative estimate of drug-likeness (QED) is 0.239. The maximum atomic E-state index is 4.35. The molecule has 1 aliphatic rings. The lowest BCUT2D eigenvalue weighted by molar-refractivity contribution is 0.661. The molecule has 0 bridgehead atoms. The third kappa shape index (κ3) is 2.39. The highest BCUT2D eigenvalue weighted by Crippen LogP contribution is 2.52. The van der Waals surface area contributed by atoms with Crippen LogP contribution in [0.15, 0.2) is 109 Å². The van der Waals surface area contributed by atoms with E-state index in [0.29, 0.717) is 0 Å². The van der Waals surface area contributed by atoms with Gasteiger partial charge in [-0.25, -0.2) is 0 Å². The molecule has 0 aliphatic heterocycles. The molecule has 8 rings (SSSR count). The number of fused-ring (bicyclic) bond motifs is 10. The van der Waals surface area contributed by atoms with Crippen molar-refractivity contribution in [2.45, 2.75) is 19.3 Å². The molecule has 5 aromatic carbocycles. The molecule has 0 spiro atoms. The minimum absolute atomic E-state index is 0.0000625. The minimum atomic E-state index is 0.0000625. The normalized spacial score (nSPS) is 14.1. The Hall–Kier alpha value is -4.43. The molecule has 0 unspecified atom stereocenters. The Balaban J connectivity index is 1.55. The Bertz CT molecular complexity index is 2020. The summed E-state index contributed by atoms with van der Waals surface area (Å²) in [7, 11) is 0. The lowest BCUT2D eigenvalue weighted by atomic mass is 9.82. The fourth-order valence-corrected chi connectivity index (χ4v) is 6.64. The van der Waals surface area contributed by atoms with Crippen LogP contribution in [0.3, 0.4) is 0 Å². The van der Waals surface area contributed by atoms with Crippen molar-refractivity contribution >= 4 is 43.4 Å². The number of benzene rings is 5. The van der Waals surface area contributed by atoms with Crippen LogP contribution in [0.2, 0.25) is 0 Å². The molecule has 0 fully saturated rings. The van der Waals surface area contributed by atoms with Crippen molar-refractivity contribution in [2.75, 3.05) is 0 Å². The van der Waals surface area contributed by atoms with E-state index in [2.05, 4.69) is 120 Å². The smallest absolute Gasteiger partial charge is 0.0547 e. The summed E-state index contributed by atoms with van der Waals surface area (Å²) in [6.45, 7) is 4.70. The molecule has 170 valence electrons. The molecule has 0 saturated heterocycles. The van der Waals surface area contributed by atoms with Crippen molar-refractivity contribution in [1.82, 2.24) is 9.55 Å². The van der Waals surface area contributed by atoms with Gasteiger partial charge in [-0.1, -0.05) is 86.6 Å². The number of pyridine rings is 1. The molecule has 2 heteroatoms. The average molecular weight is 461 g/mol. The minimum Gasteiger partial charge on any atom is -0.309 e. The SMILES string of the molecule is CC1(C)c2ccccc2-c2c1ccc1c2ccc2c1c1ccccc1n2-c1cccc2cnccc12. The largest absolute Gasteiger partial charge is 0.309 e. The van der Waals surface area contributed by atoms with Gasteiger partial charge in [-0.05, 0) is 57.3 Å². The van der Waals surface area contributed by atoms with Gasteiger partial charge in [0.15, 0.2) is 0 Å². The lowest BCUT2D eigenvalue weighted by Crippen LogP contribution is -2.14. The second kappa shape index (κ2) is 6.83. The zero-order valence-corrected chi connectivity index (χ0v) is 20.3. The van der Waals surface area contributed by atoms with Gasteiger partial charge in [0.25, 0.3) is 0 Å². The molecule has 1 aliphatic carbocycles. The van der Waals surface area contributed by atoms with Crippen LogP contribution in [0.1, 0.15) is 25.0 Å². The molecule has 2 aromatic heterocycles. The fourth-order valence-electron chi connectivity index (χ4n) is 6.64. The van der Waals surface area contributed by atoms with E-state index in [-0.39, 0.29) is 5.41 Å². The van der Waals surface area contributed by atoms with E-state index in [1.807, 2.05) is 12.4 Å². The van der Waals surface area contributed by atoms with Gasteiger partial charge >= 0.3 is 0 Å². The highest BCUT2D eigenvalue weighted by atomic mass is 15.0. The highest BCUT2D eigenvalue weighted by molar-refractivity contribution is 6.24. The first-order valence-corrected chi connectivity index (χ1v) is 12.6. The van der Waals surface area contributed by atoms with Crippen molar-refractivity contribution < 1.29 is 0 Å². The van der Waals surface area contributed by atoms with Crippen molar-refractivity contribution in [3.05, 3.63) is 121 Å². The predicted octanol–water partition coefficient (Wildman–Crippen LogP) is 8.79. The van der Waals surface area contributed by atoms with E-state index in [1.165, 1.54) is 65.9 Å². The summed E-state index contributed by atoms with van der Waals surface area (Å²) in [4.78, 5) is 4.35. The number of hydrogen-bond donors (Lipinski definition) is 0. The third-order valence-electron chi connectivity index (χ3n) is 8.28. The maximum absolute atomic E-state index is 4.35. The van der Waals surface area contributed by atoms with Crippen LogP contribution in [0.4, 0.5) is 0 Å². The van der Waals surface area contributed by atoms with Crippen molar-refractivity contribution in [2.24, 2.45) is 0 Å². The van der Waals surface area contributed by atoms with E-state index >= 15 is 0 Å². The van der Waals surface area contributed by atoms with Gasteiger partial charge in [-0.15, -0.1) is 0 Å². The number of para-hydroxylation sites is 1. The number of hydrogen-bond acceptors (Lipinski definition) is 1. The predicted molar refractivity (Wildman–Crippen MR) is 151 cm³/mol. The zero-order chi connectivity index (χ0) is 24.0. The van der Waals surface area contributed by atoms with Crippen LogP contribution in [-0.2, 0) is 5.41 Å². The standard InChI is InChI=1S/C34H24N2/c1-34(2)27-11-5-3-9-25(27)32-23-15-17-31-33(24(23)14-16-28(32)34)26-10-4-6-12-30(26)36(31)29-13-7-8-21-20-35-19-18-22(21)29/h3-20H,1-2H3. The third-order valence-corrected chi connectivity index (χ3v) is 8.28. The van der Waals surface area contributed by atoms with E-state index < -0.39 is 0 Å². The van der Waals surface area contributed by atoms with Gasteiger partial charge in [0, 0.05) is 39.4 Å². The first-order chi connectivity index (χ1) is 17.6. The molecule has 0 saturated carbocycles. The molecule has 7 aromatic rings. The summed E-state index contributed by atoms with van der Waals surface area (Å²) in [5.74, 6) is 0. The van der Waals surface area contributed by atoms with Crippen molar-refractivity contribution in [3.8, 4) is 16.8 Å². The molecule has 0 N–H and O–H groups in total. The van der Waals surface area contributed by atoms with Gasteiger partial charge in [-0.3, -0.25) is 4.98 Å². The van der Waals surface area contributed by atoms with Crippen molar-refractivity contribution in [3.63, 3.8) is 0 Å². The summed E-state index contributed by atoms with van der Waals surface area (Å²) >= 11 is 0. The van der Waals surface area contributed by atoms with Crippen LogP contribution in [-0.4, -0.2) is 9.55 Å². The Morgan fingerprint density at radius 3 is 2.39 bits per heavy atom. The van der Waals surface area contributed by atoms with E-state index in [4.69, 9.17) is 0 Å². The molecule has 2 heterocycles. The highest BCUT2D eigenvalue weighted by Gasteiger charge is 2.36. The van der Waals surface area contributed by atoms with Crippen LogP contribution in [0, 0.1) is 0 Å². The first-order valence-electron chi connectivity index (χ1n) is 12.6. The zero-order valence-electron chi connectivity index (χ0n) is 20.3. The molecule has 0 radical (unpaired) electrons. The molecule has 0 atom stereocenters. The molecule has 2 nitrogen and oxygen atoms in total. The van der Waals surface area contributed by atoms with E-state index in [0.717, 1.165) is 5.39 Å². The summed E-state index contributed by atoms with van der Waals surface area (Å²) < 4.78 is 2.43. The molecule has 0 amide bonds. The fraction of sp³-hybridized carbons (Fsp3) is 0.0882. The molecular weight excluding hydrogens is 436 g/mol. The van der Waals surface area contributed by atoms with Crippen LogP contribution < -0.4 is 0 Å². The second-order valence-corrected chi connectivity index (χ2v) is 10.4. The van der Waals surface area contributed by atoms with Gasteiger partial charge in [0.2, 0.25) is 0 Å². The van der Waals surface area contributed by atoms with E-state index in [9.17, 15) is 0 Å². The Kier molecular flexibility index (Phi) is 3.76. The maximum Gasteiger partial charge on any atom is 0.0547 e. The molecule has 36 heavy (non-hydrogen) atoms. The Morgan fingerprint density at radius 2 is 1.44 bits per heavy atom. The summed E-state index contributed by atoms with van der Waals surface area (Å²) in [5.41, 5.74) is 9.24.